The number of nitrogens with one attached hydrogen (secondary N) is 1. The van der Waals surface area contributed by atoms with Gasteiger partial charge < -0.3 is 10.1 Å². The lowest BCUT2D eigenvalue weighted by Crippen LogP contribution is -2.30. The van der Waals surface area contributed by atoms with Gasteiger partial charge in [-0.1, -0.05) is 12.1 Å². The minimum Gasteiger partial charge on any atom is -0.377 e. The first-order valence-corrected chi connectivity index (χ1v) is 6.37. The summed E-state index contributed by atoms with van der Waals surface area (Å²) in [7, 11) is 0. The molecule has 0 aliphatic carbocycles. The van der Waals surface area contributed by atoms with E-state index in [0.29, 0.717) is 6.61 Å². The number of piperidine rings is 1. The lowest BCUT2D eigenvalue weighted by molar-refractivity contribution is 0.103. The molecule has 2 nitrogen and oxygen atoms in total. The monoisotopic (exact) mass is 237 g/mol. The fourth-order valence-corrected chi connectivity index (χ4v) is 2.19. The maximum atomic E-state index is 12.7. The second-order valence-corrected chi connectivity index (χ2v) is 4.68. The van der Waals surface area contributed by atoms with Crippen LogP contribution >= 0.6 is 0 Å². The van der Waals surface area contributed by atoms with Gasteiger partial charge in [-0.3, -0.25) is 0 Å². The largest absolute Gasteiger partial charge is 0.377 e. The molecule has 0 amide bonds. The Morgan fingerprint density at radius 2 is 2.12 bits per heavy atom. The van der Waals surface area contributed by atoms with Crippen molar-refractivity contribution in [1.29, 1.82) is 0 Å². The summed E-state index contributed by atoms with van der Waals surface area (Å²) in [6.45, 7) is 3.66. The van der Waals surface area contributed by atoms with E-state index >= 15 is 0 Å². The predicted molar refractivity (Wildman–Crippen MR) is 66.3 cm³/mol. The minimum absolute atomic E-state index is 0.193. The maximum Gasteiger partial charge on any atom is 0.123 e. The number of rotatable bonds is 5. The standard InChI is InChI=1S/C14H20FNO/c15-14-5-3-13(4-6-14)11-17-9-7-12-2-1-8-16-10-12/h3-6,12,16H,1-2,7-11H2/t12-/m1/s1. The lowest BCUT2D eigenvalue weighted by atomic mass is 9.97. The van der Waals surface area contributed by atoms with E-state index < -0.39 is 0 Å². The smallest absolute Gasteiger partial charge is 0.123 e. The summed E-state index contributed by atoms with van der Waals surface area (Å²) < 4.78 is 18.3. The highest BCUT2D eigenvalue weighted by Gasteiger charge is 2.12. The highest BCUT2D eigenvalue weighted by atomic mass is 19.1. The third-order valence-electron chi connectivity index (χ3n) is 3.25. The second kappa shape index (κ2) is 6.72. The average Bonchev–Trinajstić information content (AvgIpc) is 2.38. The van der Waals surface area contributed by atoms with E-state index in [-0.39, 0.29) is 5.82 Å². The van der Waals surface area contributed by atoms with E-state index in [1.54, 1.807) is 12.1 Å². The average molecular weight is 237 g/mol. The van der Waals surface area contributed by atoms with Crippen LogP contribution in [-0.2, 0) is 11.3 Å². The topological polar surface area (TPSA) is 21.3 Å². The fraction of sp³-hybridized carbons (Fsp3) is 0.571. The first kappa shape index (κ1) is 12.5. The summed E-state index contributed by atoms with van der Waals surface area (Å²) in [5.41, 5.74) is 1.04. The van der Waals surface area contributed by atoms with Crippen LogP contribution in [-0.4, -0.2) is 19.7 Å². The van der Waals surface area contributed by atoms with Gasteiger partial charge in [0.05, 0.1) is 6.61 Å². The van der Waals surface area contributed by atoms with Crippen LogP contribution in [0.3, 0.4) is 0 Å². The molecule has 1 heterocycles. The van der Waals surface area contributed by atoms with Gasteiger partial charge in [0.2, 0.25) is 0 Å². The highest BCUT2D eigenvalue weighted by Crippen LogP contribution is 2.14. The van der Waals surface area contributed by atoms with Crippen LogP contribution in [0.15, 0.2) is 24.3 Å². The molecule has 1 fully saturated rings. The van der Waals surface area contributed by atoms with Gasteiger partial charge in [0.15, 0.2) is 0 Å². The Bertz CT molecular complexity index is 319. The normalized spacial score (nSPS) is 20.4. The third kappa shape index (κ3) is 4.44. The molecule has 0 aromatic heterocycles. The van der Waals surface area contributed by atoms with Crippen molar-refractivity contribution < 1.29 is 9.13 Å². The Balaban J connectivity index is 1.60. The molecule has 1 aromatic carbocycles. The van der Waals surface area contributed by atoms with Gasteiger partial charge in [-0.2, -0.15) is 0 Å². The molecular weight excluding hydrogens is 217 g/mol. The van der Waals surface area contributed by atoms with Crippen LogP contribution in [0.5, 0.6) is 0 Å². The summed E-state index contributed by atoms with van der Waals surface area (Å²) in [6, 6.07) is 6.50. The molecular formula is C14H20FNO. The van der Waals surface area contributed by atoms with Crippen LogP contribution in [0.25, 0.3) is 0 Å². The molecule has 1 saturated heterocycles. The number of hydrogen-bond donors (Lipinski definition) is 1. The van der Waals surface area contributed by atoms with E-state index in [0.717, 1.165) is 37.6 Å². The van der Waals surface area contributed by atoms with Crippen LogP contribution in [0.1, 0.15) is 24.8 Å². The van der Waals surface area contributed by atoms with E-state index in [2.05, 4.69) is 5.32 Å². The van der Waals surface area contributed by atoms with Crippen LogP contribution in [0, 0.1) is 11.7 Å². The van der Waals surface area contributed by atoms with Gasteiger partial charge in [0.25, 0.3) is 0 Å². The maximum absolute atomic E-state index is 12.7. The summed E-state index contributed by atoms with van der Waals surface area (Å²) in [5, 5.41) is 3.40. The summed E-state index contributed by atoms with van der Waals surface area (Å²) in [5.74, 6) is 0.569. The number of hydrogen-bond acceptors (Lipinski definition) is 2. The van der Waals surface area contributed by atoms with Crippen LogP contribution in [0.2, 0.25) is 0 Å². The zero-order valence-corrected chi connectivity index (χ0v) is 10.1. The first-order valence-electron chi connectivity index (χ1n) is 6.37. The Hall–Kier alpha value is -0.930. The van der Waals surface area contributed by atoms with Gasteiger partial charge in [-0.25, -0.2) is 4.39 Å². The molecule has 3 heteroatoms. The molecule has 1 aliphatic rings. The molecule has 2 rings (SSSR count). The van der Waals surface area contributed by atoms with Crippen LogP contribution < -0.4 is 5.32 Å². The highest BCUT2D eigenvalue weighted by molar-refractivity contribution is 5.14. The van der Waals surface area contributed by atoms with Gasteiger partial charge >= 0.3 is 0 Å². The molecule has 1 aliphatic heterocycles. The summed E-state index contributed by atoms with van der Waals surface area (Å²) >= 11 is 0. The molecule has 94 valence electrons. The molecule has 1 aromatic rings. The van der Waals surface area contributed by atoms with E-state index in [9.17, 15) is 4.39 Å². The Kier molecular flexibility index (Phi) is 4.95. The van der Waals surface area contributed by atoms with Gasteiger partial charge in [0.1, 0.15) is 5.82 Å². The molecule has 1 atom stereocenters. The molecule has 0 radical (unpaired) electrons. The molecule has 0 bridgehead atoms. The van der Waals surface area contributed by atoms with E-state index in [1.165, 1.54) is 25.0 Å². The molecule has 1 N–H and O–H groups in total. The zero-order valence-electron chi connectivity index (χ0n) is 10.1. The van der Waals surface area contributed by atoms with Crippen molar-refractivity contribution in [3.05, 3.63) is 35.6 Å². The fourth-order valence-electron chi connectivity index (χ4n) is 2.19. The van der Waals surface area contributed by atoms with Crippen molar-refractivity contribution in [1.82, 2.24) is 5.32 Å². The van der Waals surface area contributed by atoms with Crippen molar-refractivity contribution >= 4 is 0 Å². The zero-order chi connectivity index (χ0) is 11.9. The third-order valence-corrected chi connectivity index (χ3v) is 3.25. The molecule has 0 spiro atoms. The number of halogens is 1. The number of ether oxygens (including phenoxy) is 1. The SMILES string of the molecule is Fc1ccc(COCC[C@H]2CCCNC2)cc1. The van der Waals surface area contributed by atoms with Gasteiger partial charge in [-0.05, 0) is 56.0 Å². The molecule has 17 heavy (non-hydrogen) atoms. The lowest BCUT2D eigenvalue weighted by Gasteiger charge is -2.22. The van der Waals surface area contributed by atoms with Crippen molar-refractivity contribution in [3.8, 4) is 0 Å². The van der Waals surface area contributed by atoms with E-state index in [4.69, 9.17) is 4.74 Å². The van der Waals surface area contributed by atoms with E-state index in [1.807, 2.05) is 0 Å². The van der Waals surface area contributed by atoms with Crippen molar-refractivity contribution in [2.45, 2.75) is 25.9 Å². The second-order valence-electron chi connectivity index (χ2n) is 4.68. The van der Waals surface area contributed by atoms with Gasteiger partial charge in [-0.15, -0.1) is 0 Å². The number of benzene rings is 1. The quantitative estimate of drug-likeness (QED) is 0.795. The Morgan fingerprint density at radius 1 is 1.29 bits per heavy atom. The van der Waals surface area contributed by atoms with Crippen molar-refractivity contribution in [2.24, 2.45) is 5.92 Å². The predicted octanol–water partition coefficient (Wildman–Crippen LogP) is 2.73. The Morgan fingerprint density at radius 3 is 2.82 bits per heavy atom. The first-order chi connectivity index (χ1) is 8.34. The van der Waals surface area contributed by atoms with Crippen molar-refractivity contribution in [2.75, 3.05) is 19.7 Å². The van der Waals surface area contributed by atoms with Crippen LogP contribution in [0.4, 0.5) is 4.39 Å². The Labute approximate surface area is 102 Å². The molecule has 0 unspecified atom stereocenters. The minimum atomic E-state index is -0.193. The summed E-state index contributed by atoms with van der Waals surface area (Å²) in [6.07, 6.45) is 3.71. The van der Waals surface area contributed by atoms with Crippen molar-refractivity contribution in [3.63, 3.8) is 0 Å². The summed E-state index contributed by atoms with van der Waals surface area (Å²) in [4.78, 5) is 0. The molecule has 0 saturated carbocycles. The van der Waals surface area contributed by atoms with Gasteiger partial charge in [0, 0.05) is 6.61 Å².